The van der Waals surface area contributed by atoms with Gasteiger partial charge in [0.15, 0.2) is 0 Å². The standard InChI is InChI=1S/C11H15N7/c1-5-9-13-8(4)16-11(17-9)18-10-14-6(2)12-7(3)15-10/h5H2,1-4H3,(H,12,13,14,15,16,17,18). The molecule has 2 aromatic heterocycles. The summed E-state index contributed by atoms with van der Waals surface area (Å²) in [5, 5.41) is 2.98. The van der Waals surface area contributed by atoms with E-state index in [-0.39, 0.29) is 0 Å². The summed E-state index contributed by atoms with van der Waals surface area (Å²) in [5.74, 6) is 3.65. The fourth-order valence-corrected chi connectivity index (χ4v) is 1.52. The zero-order valence-electron chi connectivity index (χ0n) is 10.9. The summed E-state index contributed by atoms with van der Waals surface area (Å²) in [4.78, 5) is 25.2. The van der Waals surface area contributed by atoms with E-state index < -0.39 is 0 Å². The Balaban J connectivity index is 2.30. The predicted octanol–water partition coefficient (Wildman–Crippen LogP) is 1.29. The molecule has 0 saturated carbocycles. The Labute approximate surface area is 105 Å². The molecule has 0 bridgehead atoms. The van der Waals surface area contributed by atoms with Gasteiger partial charge in [0.25, 0.3) is 0 Å². The third kappa shape index (κ3) is 2.93. The Hall–Kier alpha value is -2.18. The summed E-state index contributed by atoms with van der Waals surface area (Å²) in [6.07, 6.45) is 0.757. The SMILES string of the molecule is CCc1nc(C)nc(Nc2nc(C)nc(C)n2)n1. The number of hydrogen-bond acceptors (Lipinski definition) is 7. The molecule has 0 unspecified atom stereocenters. The van der Waals surface area contributed by atoms with Crippen LogP contribution in [0.4, 0.5) is 11.9 Å². The van der Waals surface area contributed by atoms with Crippen molar-refractivity contribution in [2.45, 2.75) is 34.1 Å². The first-order valence-electron chi connectivity index (χ1n) is 5.74. The minimum absolute atomic E-state index is 0.452. The Bertz CT molecular complexity index is 547. The van der Waals surface area contributed by atoms with Gasteiger partial charge in [0.05, 0.1) is 0 Å². The molecule has 0 radical (unpaired) electrons. The third-order valence-corrected chi connectivity index (χ3v) is 2.19. The van der Waals surface area contributed by atoms with Gasteiger partial charge in [0.2, 0.25) is 11.9 Å². The number of rotatable bonds is 3. The smallest absolute Gasteiger partial charge is 0.233 e. The second kappa shape index (κ2) is 4.99. The molecule has 94 valence electrons. The number of anilines is 2. The zero-order valence-corrected chi connectivity index (χ0v) is 10.9. The van der Waals surface area contributed by atoms with Crippen molar-refractivity contribution >= 4 is 11.9 Å². The molecule has 2 heterocycles. The van der Waals surface area contributed by atoms with Gasteiger partial charge in [-0.2, -0.15) is 19.9 Å². The van der Waals surface area contributed by atoms with E-state index in [0.717, 1.165) is 12.2 Å². The second-order valence-corrected chi connectivity index (χ2v) is 3.85. The van der Waals surface area contributed by atoms with Crippen LogP contribution >= 0.6 is 0 Å². The lowest BCUT2D eigenvalue weighted by atomic mass is 10.4. The van der Waals surface area contributed by atoms with E-state index >= 15 is 0 Å². The van der Waals surface area contributed by atoms with Crippen molar-refractivity contribution in [2.75, 3.05) is 5.32 Å². The molecule has 18 heavy (non-hydrogen) atoms. The van der Waals surface area contributed by atoms with Crippen molar-refractivity contribution in [3.8, 4) is 0 Å². The largest absolute Gasteiger partial charge is 0.292 e. The van der Waals surface area contributed by atoms with Gasteiger partial charge in [0.1, 0.15) is 23.3 Å². The number of nitrogens with zero attached hydrogens (tertiary/aromatic N) is 6. The van der Waals surface area contributed by atoms with Crippen LogP contribution in [0.15, 0.2) is 0 Å². The quantitative estimate of drug-likeness (QED) is 0.871. The summed E-state index contributed by atoms with van der Waals surface area (Å²) in [7, 11) is 0. The molecule has 0 atom stereocenters. The maximum atomic E-state index is 4.27. The average molecular weight is 245 g/mol. The predicted molar refractivity (Wildman–Crippen MR) is 66.5 cm³/mol. The highest BCUT2D eigenvalue weighted by Crippen LogP contribution is 2.08. The number of hydrogen-bond donors (Lipinski definition) is 1. The second-order valence-electron chi connectivity index (χ2n) is 3.85. The molecule has 0 saturated heterocycles. The molecule has 2 aromatic rings. The molecule has 7 nitrogen and oxygen atoms in total. The average Bonchev–Trinajstić information content (AvgIpc) is 2.26. The molecule has 0 amide bonds. The van der Waals surface area contributed by atoms with E-state index in [0.29, 0.717) is 29.4 Å². The van der Waals surface area contributed by atoms with Crippen LogP contribution in [0.1, 0.15) is 30.2 Å². The number of nitrogens with one attached hydrogen (secondary N) is 1. The van der Waals surface area contributed by atoms with Gasteiger partial charge in [-0.05, 0) is 20.8 Å². The van der Waals surface area contributed by atoms with Crippen molar-refractivity contribution in [1.29, 1.82) is 0 Å². The molecule has 0 fully saturated rings. The Morgan fingerprint density at radius 3 is 1.78 bits per heavy atom. The molecule has 0 aliphatic carbocycles. The van der Waals surface area contributed by atoms with E-state index in [1.54, 1.807) is 0 Å². The minimum Gasteiger partial charge on any atom is -0.292 e. The normalized spacial score (nSPS) is 10.4. The highest BCUT2D eigenvalue weighted by Gasteiger charge is 2.06. The fourth-order valence-electron chi connectivity index (χ4n) is 1.52. The number of aromatic nitrogens is 6. The molecular formula is C11H15N7. The Morgan fingerprint density at radius 1 is 0.722 bits per heavy atom. The van der Waals surface area contributed by atoms with Crippen LogP contribution in [0.25, 0.3) is 0 Å². The van der Waals surface area contributed by atoms with Crippen LogP contribution in [-0.2, 0) is 6.42 Å². The van der Waals surface area contributed by atoms with Crippen LogP contribution in [0.2, 0.25) is 0 Å². The molecule has 0 aliphatic rings. The number of aryl methyl sites for hydroxylation is 4. The van der Waals surface area contributed by atoms with E-state index in [1.807, 2.05) is 27.7 Å². The Morgan fingerprint density at radius 2 is 1.22 bits per heavy atom. The lowest BCUT2D eigenvalue weighted by Gasteiger charge is -2.06. The van der Waals surface area contributed by atoms with Gasteiger partial charge in [0, 0.05) is 6.42 Å². The van der Waals surface area contributed by atoms with Crippen LogP contribution in [0, 0.1) is 20.8 Å². The van der Waals surface area contributed by atoms with Crippen molar-refractivity contribution in [1.82, 2.24) is 29.9 Å². The maximum absolute atomic E-state index is 4.27. The summed E-state index contributed by atoms with van der Waals surface area (Å²) in [5.41, 5.74) is 0. The van der Waals surface area contributed by atoms with Gasteiger partial charge >= 0.3 is 0 Å². The fraction of sp³-hybridized carbons (Fsp3) is 0.455. The van der Waals surface area contributed by atoms with Crippen molar-refractivity contribution in [3.05, 3.63) is 23.3 Å². The third-order valence-electron chi connectivity index (χ3n) is 2.19. The summed E-state index contributed by atoms with van der Waals surface area (Å²) >= 11 is 0. The monoisotopic (exact) mass is 245 g/mol. The summed E-state index contributed by atoms with van der Waals surface area (Å²) in [6.45, 7) is 7.46. The van der Waals surface area contributed by atoms with Gasteiger partial charge < -0.3 is 0 Å². The van der Waals surface area contributed by atoms with Gasteiger partial charge in [-0.1, -0.05) is 6.92 Å². The highest BCUT2D eigenvalue weighted by atomic mass is 15.2. The maximum Gasteiger partial charge on any atom is 0.233 e. The summed E-state index contributed by atoms with van der Waals surface area (Å²) in [6, 6.07) is 0. The van der Waals surface area contributed by atoms with Crippen molar-refractivity contribution < 1.29 is 0 Å². The molecular weight excluding hydrogens is 230 g/mol. The van der Waals surface area contributed by atoms with Crippen molar-refractivity contribution in [3.63, 3.8) is 0 Å². The molecule has 7 heteroatoms. The van der Waals surface area contributed by atoms with E-state index in [1.165, 1.54) is 0 Å². The van der Waals surface area contributed by atoms with E-state index in [4.69, 9.17) is 0 Å². The molecule has 2 rings (SSSR count). The topological polar surface area (TPSA) is 89.4 Å². The summed E-state index contributed by atoms with van der Waals surface area (Å²) < 4.78 is 0. The molecule has 0 aliphatic heterocycles. The Kier molecular flexibility index (Phi) is 3.40. The lowest BCUT2D eigenvalue weighted by Crippen LogP contribution is -2.08. The van der Waals surface area contributed by atoms with Crippen molar-refractivity contribution in [2.24, 2.45) is 0 Å². The first-order valence-corrected chi connectivity index (χ1v) is 5.74. The van der Waals surface area contributed by atoms with Gasteiger partial charge in [-0.25, -0.2) is 9.97 Å². The van der Waals surface area contributed by atoms with Crippen LogP contribution in [0.5, 0.6) is 0 Å². The molecule has 1 N–H and O–H groups in total. The van der Waals surface area contributed by atoms with Crippen LogP contribution in [-0.4, -0.2) is 29.9 Å². The first kappa shape index (κ1) is 12.3. The lowest BCUT2D eigenvalue weighted by molar-refractivity contribution is 0.862. The first-order chi connectivity index (χ1) is 8.56. The zero-order chi connectivity index (χ0) is 13.1. The minimum atomic E-state index is 0.452. The van der Waals surface area contributed by atoms with E-state index in [2.05, 4.69) is 35.2 Å². The molecule has 0 spiro atoms. The van der Waals surface area contributed by atoms with Gasteiger partial charge in [-0.3, -0.25) is 5.32 Å². The van der Waals surface area contributed by atoms with Crippen LogP contribution < -0.4 is 5.32 Å². The highest BCUT2D eigenvalue weighted by molar-refractivity contribution is 5.41. The molecule has 0 aromatic carbocycles. The van der Waals surface area contributed by atoms with E-state index in [9.17, 15) is 0 Å². The van der Waals surface area contributed by atoms with Gasteiger partial charge in [-0.15, -0.1) is 0 Å². The van der Waals surface area contributed by atoms with Crippen LogP contribution in [0.3, 0.4) is 0 Å².